The Morgan fingerprint density at radius 3 is 2.63 bits per heavy atom. The van der Waals surface area contributed by atoms with Gasteiger partial charge in [-0.05, 0) is 41.5 Å². The minimum Gasteiger partial charge on any atom is -0.489 e. The fourth-order valence-corrected chi connectivity index (χ4v) is 4.02. The third kappa shape index (κ3) is 3.29. The van der Waals surface area contributed by atoms with Crippen LogP contribution in [0.5, 0.6) is 5.75 Å². The second-order valence-corrected chi connectivity index (χ2v) is 7.98. The Balaban J connectivity index is 1.52. The lowest BCUT2D eigenvalue weighted by Gasteiger charge is -2.14. The van der Waals surface area contributed by atoms with Crippen LogP contribution in [-0.4, -0.2) is 5.91 Å². The minimum atomic E-state index is -0.590. The first kappa shape index (κ1) is 18.6. The molecule has 5 rings (SSSR count). The first-order valence-electron chi connectivity index (χ1n) is 9.44. The average Bonchev–Trinajstić information content (AvgIpc) is 3.10. The van der Waals surface area contributed by atoms with Crippen molar-refractivity contribution in [3.63, 3.8) is 0 Å². The van der Waals surface area contributed by atoms with Crippen molar-refractivity contribution in [1.29, 1.82) is 0 Å². The lowest BCUT2D eigenvalue weighted by Crippen LogP contribution is -2.22. The van der Waals surface area contributed by atoms with E-state index < -0.39 is 11.9 Å². The molecule has 1 unspecified atom stereocenters. The van der Waals surface area contributed by atoms with Gasteiger partial charge in [-0.25, -0.2) is 0 Å². The van der Waals surface area contributed by atoms with Gasteiger partial charge in [0.05, 0.1) is 17.0 Å². The molecule has 1 aromatic heterocycles. The summed E-state index contributed by atoms with van der Waals surface area (Å²) >= 11 is 3.39. The molecule has 1 atom stereocenters. The quantitative estimate of drug-likeness (QED) is 0.465. The number of hydrogen-bond donors (Lipinski definition) is 1. The van der Waals surface area contributed by atoms with E-state index in [-0.39, 0.29) is 11.2 Å². The molecule has 6 heteroatoms. The highest BCUT2D eigenvalue weighted by Gasteiger charge is 2.36. The Kier molecular flexibility index (Phi) is 4.64. The molecule has 0 bridgehead atoms. The van der Waals surface area contributed by atoms with Crippen LogP contribution in [0, 0.1) is 0 Å². The molecule has 1 aliphatic heterocycles. The minimum absolute atomic E-state index is 0.0652. The van der Waals surface area contributed by atoms with Gasteiger partial charge in [0.15, 0.2) is 5.43 Å². The lowest BCUT2D eigenvalue weighted by molar-refractivity contribution is 0.0938. The number of carbonyl (C=O) groups is 1. The summed E-state index contributed by atoms with van der Waals surface area (Å²) in [5, 5.41) is 3.30. The third-order valence-corrected chi connectivity index (χ3v) is 5.59. The summed E-state index contributed by atoms with van der Waals surface area (Å²) in [5.41, 5.74) is 2.31. The summed E-state index contributed by atoms with van der Waals surface area (Å²) < 4.78 is 12.4. The molecule has 4 aromatic rings. The number of fused-ring (bicyclic) bond motifs is 2. The third-order valence-electron chi connectivity index (χ3n) is 5.10. The molecule has 0 aliphatic carbocycles. The fourth-order valence-electron chi connectivity index (χ4n) is 3.66. The SMILES string of the molecule is O=C1NC(c2cccc(OCc3ccccc3)c2)c2c1oc1ccc(Br)cc1c2=O. The van der Waals surface area contributed by atoms with E-state index in [4.69, 9.17) is 9.15 Å². The largest absolute Gasteiger partial charge is 0.489 e. The molecule has 1 amide bonds. The predicted octanol–water partition coefficient (Wildman–Crippen LogP) is 4.97. The molecule has 1 aliphatic rings. The van der Waals surface area contributed by atoms with Crippen molar-refractivity contribution >= 4 is 32.8 Å². The van der Waals surface area contributed by atoms with Crippen LogP contribution in [0.4, 0.5) is 0 Å². The molecule has 5 nitrogen and oxygen atoms in total. The summed E-state index contributed by atoms with van der Waals surface area (Å²) in [4.78, 5) is 25.7. The van der Waals surface area contributed by atoms with Gasteiger partial charge in [-0.1, -0.05) is 58.4 Å². The predicted molar refractivity (Wildman–Crippen MR) is 117 cm³/mol. The van der Waals surface area contributed by atoms with Crippen molar-refractivity contribution in [2.24, 2.45) is 0 Å². The van der Waals surface area contributed by atoms with Gasteiger partial charge in [0.1, 0.15) is 17.9 Å². The van der Waals surface area contributed by atoms with Crippen molar-refractivity contribution in [2.45, 2.75) is 12.6 Å². The van der Waals surface area contributed by atoms with Gasteiger partial charge in [-0.3, -0.25) is 9.59 Å². The van der Waals surface area contributed by atoms with E-state index in [9.17, 15) is 9.59 Å². The molecule has 0 saturated carbocycles. The maximum Gasteiger partial charge on any atom is 0.288 e. The van der Waals surface area contributed by atoms with Crippen LogP contribution < -0.4 is 15.5 Å². The number of ether oxygens (including phenoxy) is 1. The van der Waals surface area contributed by atoms with E-state index >= 15 is 0 Å². The van der Waals surface area contributed by atoms with Crippen LogP contribution in [0.1, 0.15) is 33.3 Å². The van der Waals surface area contributed by atoms with Gasteiger partial charge in [0.2, 0.25) is 5.76 Å². The summed E-state index contributed by atoms with van der Waals surface area (Å²) in [6.45, 7) is 0.429. The highest BCUT2D eigenvalue weighted by atomic mass is 79.9. The van der Waals surface area contributed by atoms with E-state index in [1.54, 1.807) is 18.2 Å². The Hall–Kier alpha value is -3.38. The van der Waals surface area contributed by atoms with Gasteiger partial charge < -0.3 is 14.5 Å². The molecule has 2 heterocycles. The van der Waals surface area contributed by atoms with Gasteiger partial charge in [0, 0.05) is 4.47 Å². The van der Waals surface area contributed by atoms with Crippen LogP contribution in [0.2, 0.25) is 0 Å². The van der Waals surface area contributed by atoms with Gasteiger partial charge in [0.25, 0.3) is 5.91 Å². The van der Waals surface area contributed by atoms with Crippen molar-refractivity contribution in [3.05, 3.63) is 110 Å². The maximum atomic E-state index is 13.2. The number of hydrogen-bond acceptors (Lipinski definition) is 4. The lowest BCUT2D eigenvalue weighted by atomic mass is 9.99. The van der Waals surface area contributed by atoms with Crippen LogP contribution >= 0.6 is 15.9 Å². The Labute approximate surface area is 180 Å². The Bertz CT molecular complexity index is 1330. The number of rotatable bonds is 4. The van der Waals surface area contributed by atoms with Crippen LogP contribution in [0.3, 0.4) is 0 Å². The summed E-state index contributed by atoms with van der Waals surface area (Å²) in [6, 6.07) is 21.8. The van der Waals surface area contributed by atoms with Gasteiger partial charge in [-0.15, -0.1) is 0 Å². The number of nitrogens with one attached hydrogen (secondary N) is 1. The molecule has 0 saturated heterocycles. The molecule has 1 N–H and O–H groups in total. The van der Waals surface area contributed by atoms with E-state index in [2.05, 4.69) is 21.2 Å². The van der Waals surface area contributed by atoms with Crippen molar-refractivity contribution < 1.29 is 13.9 Å². The average molecular weight is 462 g/mol. The molecular formula is C24H16BrNO4. The zero-order valence-electron chi connectivity index (χ0n) is 15.7. The second-order valence-electron chi connectivity index (χ2n) is 7.07. The van der Waals surface area contributed by atoms with E-state index in [0.717, 1.165) is 15.6 Å². The van der Waals surface area contributed by atoms with Gasteiger partial charge >= 0.3 is 0 Å². The highest BCUT2D eigenvalue weighted by Crippen LogP contribution is 2.33. The van der Waals surface area contributed by atoms with E-state index in [0.29, 0.717) is 28.9 Å². The molecule has 3 aromatic carbocycles. The maximum absolute atomic E-state index is 13.2. The van der Waals surface area contributed by atoms with Crippen LogP contribution in [-0.2, 0) is 6.61 Å². The monoisotopic (exact) mass is 461 g/mol. The summed E-state index contributed by atoms with van der Waals surface area (Å²) in [5.74, 6) is 0.329. The summed E-state index contributed by atoms with van der Waals surface area (Å²) in [7, 11) is 0. The molecule has 0 fully saturated rings. The summed E-state index contributed by atoms with van der Waals surface area (Å²) in [6.07, 6.45) is 0. The van der Waals surface area contributed by atoms with E-state index in [1.807, 2.05) is 54.6 Å². The Morgan fingerprint density at radius 1 is 0.967 bits per heavy atom. The fraction of sp³-hybridized carbons (Fsp3) is 0.0833. The number of halogens is 1. The Morgan fingerprint density at radius 2 is 1.80 bits per heavy atom. The van der Waals surface area contributed by atoms with Crippen molar-refractivity contribution in [1.82, 2.24) is 5.32 Å². The van der Waals surface area contributed by atoms with Crippen molar-refractivity contribution in [2.75, 3.05) is 0 Å². The topological polar surface area (TPSA) is 68.5 Å². The highest BCUT2D eigenvalue weighted by molar-refractivity contribution is 9.10. The standard InChI is InChI=1S/C24H16BrNO4/c25-16-9-10-19-18(12-16)22(27)20-21(26-24(28)23(20)30-19)15-7-4-8-17(11-15)29-13-14-5-2-1-3-6-14/h1-12,21H,13H2,(H,26,28). The zero-order valence-corrected chi connectivity index (χ0v) is 17.3. The van der Waals surface area contributed by atoms with Crippen LogP contribution in [0.25, 0.3) is 11.0 Å². The molecule has 148 valence electrons. The first-order valence-corrected chi connectivity index (χ1v) is 10.2. The van der Waals surface area contributed by atoms with Crippen molar-refractivity contribution in [3.8, 4) is 5.75 Å². The molecule has 0 radical (unpaired) electrons. The number of benzene rings is 3. The van der Waals surface area contributed by atoms with Gasteiger partial charge in [-0.2, -0.15) is 0 Å². The van der Waals surface area contributed by atoms with E-state index in [1.165, 1.54) is 0 Å². The number of carbonyl (C=O) groups excluding carboxylic acids is 1. The number of amides is 1. The zero-order chi connectivity index (χ0) is 20.7. The second kappa shape index (κ2) is 7.46. The first-order chi connectivity index (χ1) is 14.6. The molecule has 0 spiro atoms. The smallest absolute Gasteiger partial charge is 0.288 e. The molecular weight excluding hydrogens is 446 g/mol. The molecule has 30 heavy (non-hydrogen) atoms. The normalized spacial score (nSPS) is 15.1. The van der Waals surface area contributed by atoms with Crippen LogP contribution in [0.15, 0.2) is 86.5 Å².